The van der Waals surface area contributed by atoms with Gasteiger partial charge in [0.15, 0.2) is 12.0 Å². The topological polar surface area (TPSA) is 108 Å². The molecule has 2 aromatic carbocycles. The number of rotatable bonds is 8. The Morgan fingerprint density at radius 1 is 0.833 bits per heavy atom. The second-order valence-electron chi connectivity index (χ2n) is 6.32. The van der Waals surface area contributed by atoms with Crippen molar-refractivity contribution in [2.75, 3.05) is 5.34 Å². The Morgan fingerprint density at radius 2 is 1.28 bits per heavy atom. The molecule has 4 rings (SSSR count). The molecule has 8 nitrogen and oxygen atoms in total. The first-order chi connectivity index (χ1) is 17.0. The zero-order valence-electron chi connectivity index (χ0n) is 18.1. The summed E-state index contributed by atoms with van der Waals surface area (Å²) >= 11 is 15.9. The number of hydrogen-bond acceptors (Lipinski definition) is 8. The Bertz CT molecular complexity index is 1140. The van der Waals surface area contributed by atoms with Gasteiger partial charge in [-0.15, -0.1) is 23.2 Å². The van der Waals surface area contributed by atoms with Crippen molar-refractivity contribution in [3.8, 4) is 11.8 Å². The normalized spacial score (nSPS) is 9.58. The summed E-state index contributed by atoms with van der Waals surface area (Å²) in [6.07, 6.45) is 0.576. The lowest BCUT2D eigenvalue weighted by Gasteiger charge is -2.02. The molecule has 0 atom stereocenters. The van der Waals surface area contributed by atoms with Crippen LogP contribution in [-0.2, 0) is 19.8 Å². The molecule has 0 spiro atoms. The van der Waals surface area contributed by atoms with Gasteiger partial charge in [0.05, 0.1) is 5.34 Å². The second-order valence-corrected chi connectivity index (χ2v) is 8.71. The van der Waals surface area contributed by atoms with E-state index in [1.54, 1.807) is 0 Å². The number of aromatic nitrogens is 2. The fraction of sp³-hybridized carbons (Fsp3) is 0.208. The average Bonchev–Trinajstić information content (AvgIpc) is 3.44. The third-order valence-corrected chi connectivity index (χ3v) is 5.50. The van der Waals surface area contributed by atoms with Crippen molar-refractivity contribution in [2.24, 2.45) is 0 Å². The molecular formula is C24H24Br2Cl2N2O6. The maximum Gasteiger partial charge on any atom is 0.269 e. The maximum absolute atomic E-state index is 10.5. The van der Waals surface area contributed by atoms with Crippen LogP contribution in [0.4, 0.5) is 0 Å². The lowest BCUT2D eigenvalue weighted by atomic mass is 10.2. The van der Waals surface area contributed by atoms with E-state index in [-0.39, 0.29) is 31.0 Å². The molecule has 0 aliphatic carbocycles. The molecule has 0 aliphatic rings. The molecule has 0 bridgehead atoms. The number of carbonyl (C=O) groups excluding carboxylic acids is 1. The van der Waals surface area contributed by atoms with Crippen LogP contribution < -0.4 is 9.47 Å². The van der Waals surface area contributed by atoms with Gasteiger partial charge in [0.1, 0.15) is 28.8 Å². The standard InChI is InChI=1S/C11H10BrNO3.C11H8BrNO3.CH2Cl2.CH4/c2*12-10-9(6-14)16-13-11(10)15-7-8-4-2-1-3-5-8;2-1-3;/h1-5,14H,6-7H2;1-6H,7H2;1H2;1H4. The average molecular weight is 667 g/mol. The van der Waals surface area contributed by atoms with Gasteiger partial charge in [-0.2, -0.15) is 0 Å². The highest BCUT2D eigenvalue weighted by Gasteiger charge is 2.14. The number of ether oxygens (including phenoxy) is 2. The molecule has 0 saturated carbocycles. The van der Waals surface area contributed by atoms with Crippen LogP contribution in [0, 0.1) is 0 Å². The minimum Gasteiger partial charge on any atom is -0.470 e. The molecule has 2 aromatic heterocycles. The van der Waals surface area contributed by atoms with Crippen molar-refractivity contribution in [1.29, 1.82) is 0 Å². The molecular weight excluding hydrogens is 643 g/mol. The van der Waals surface area contributed by atoms with Crippen LogP contribution in [0.2, 0.25) is 0 Å². The van der Waals surface area contributed by atoms with Crippen molar-refractivity contribution in [1.82, 2.24) is 10.3 Å². The molecule has 12 heteroatoms. The summed E-state index contributed by atoms with van der Waals surface area (Å²) in [5, 5.41) is 16.4. The number of benzene rings is 2. The first kappa shape index (κ1) is 31.7. The van der Waals surface area contributed by atoms with Crippen molar-refractivity contribution in [3.63, 3.8) is 0 Å². The van der Waals surface area contributed by atoms with Crippen LogP contribution in [0.3, 0.4) is 0 Å². The van der Waals surface area contributed by atoms with Crippen molar-refractivity contribution in [2.45, 2.75) is 27.2 Å². The highest BCUT2D eigenvalue weighted by Crippen LogP contribution is 2.28. The van der Waals surface area contributed by atoms with E-state index in [2.05, 4.69) is 42.2 Å². The minimum atomic E-state index is -0.206. The molecule has 194 valence electrons. The van der Waals surface area contributed by atoms with E-state index in [1.165, 1.54) is 0 Å². The highest BCUT2D eigenvalue weighted by atomic mass is 79.9. The van der Waals surface area contributed by atoms with Crippen LogP contribution in [0.15, 0.2) is 78.7 Å². The van der Waals surface area contributed by atoms with E-state index < -0.39 is 0 Å². The Hall–Kier alpha value is -2.37. The van der Waals surface area contributed by atoms with Gasteiger partial charge in [-0.25, -0.2) is 0 Å². The molecule has 0 amide bonds. The van der Waals surface area contributed by atoms with Crippen molar-refractivity contribution >= 4 is 61.3 Å². The first-order valence-electron chi connectivity index (χ1n) is 9.84. The van der Waals surface area contributed by atoms with E-state index in [9.17, 15) is 4.79 Å². The van der Waals surface area contributed by atoms with Gasteiger partial charge in [0.25, 0.3) is 11.8 Å². The summed E-state index contributed by atoms with van der Waals surface area (Å²) in [6, 6.07) is 19.4. The molecule has 0 aliphatic heterocycles. The van der Waals surface area contributed by atoms with Crippen LogP contribution in [0.1, 0.15) is 34.9 Å². The summed E-state index contributed by atoms with van der Waals surface area (Å²) in [4.78, 5) is 10.5. The summed E-state index contributed by atoms with van der Waals surface area (Å²) < 4.78 is 21.4. The van der Waals surface area contributed by atoms with Crippen LogP contribution in [0.5, 0.6) is 11.8 Å². The monoisotopic (exact) mass is 664 g/mol. The lowest BCUT2D eigenvalue weighted by Crippen LogP contribution is -1.95. The molecule has 0 fully saturated rings. The van der Waals surface area contributed by atoms with Crippen LogP contribution in [-0.4, -0.2) is 27.0 Å². The minimum absolute atomic E-state index is 0. The number of halogens is 4. The third-order valence-electron chi connectivity index (χ3n) is 3.99. The fourth-order valence-corrected chi connectivity index (χ4v) is 3.11. The van der Waals surface area contributed by atoms with E-state index >= 15 is 0 Å². The largest absolute Gasteiger partial charge is 0.470 e. The number of aliphatic hydroxyl groups excluding tert-OH is 1. The number of carbonyl (C=O) groups is 1. The molecule has 36 heavy (non-hydrogen) atoms. The Kier molecular flexibility index (Phi) is 15.8. The fourth-order valence-electron chi connectivity index (χ4n) is 2.37. The quantitative estimate of drug-likeness (QED) is 0.153. The van der Waals surface area contributed by atoms with E-state index in [0.29, 0.717) is 40.1 Å². The molecule has 0 saturated heterocycles. The molecule has 0 unspecified atom stereocenters. The highest BCUT2D eigenvalue weighted by molar-refractivity contribution is 9.11. The number of hydrogen-bond donors (Lipinski definition) is 1. The Labute approximate surface area is 235 Å². The van der Waals surface area contributed by atoms with Gasteiger partial charge in [0, 0.05) is 0 Å². The first-order valence-corrected chi connectivity index (χ1v) is 12.5. The maximum atomic E-state index is 10.5. The van der Waals surface area contributed by atoms with E-state index in [0.717, 1.165) is 11.1 Å². The smallest absolute Gasteiger partial charge is 0.269 e. The SMILES string of the molecule is C.ClCCl.O=Cc1onc(OCc2ccccc2)c1Br.OCc1onc(OCc2ccccc2)c1Br. The van der Waals surface area contributed by atoms with Crippen molar-refractivity contribution in [3.05, 3.63) is 92.3 Å². The zero-order chi connectivity index (χ0) is 25.5. The van der Waals surface area contributed by atoms with Gasteiger partial charge in [-0.05, 0) is 53.3 Å². The van der Waals surface area contributed by atoms with E-state index in [4.69, 9.17) is 46.8 Å². The summed E-state index contributed by atoms with van der Waals surface area (Å²) in [7, 11) is 0. The molecule has 4 aromatic rings. The molecule has 2 heterocycles. The predicted molar refractivity (Wildman–Crippen MR) is 145 cm³/mol. The summed E-state index contributed by atoms with van der Waals surface area (Å²) in [5.41, 5.74) is 2.06. The van der Waals surface area contributed by atoms with Gasteiger partial charge in [-0.1, -0.05) is 68.1 Å². The summed E-state index contributed by atoms with van der Waals surface area (Å²) in [6.45, 7) is 0.587. The van der Waals surface area contributed by atoms with E-state index in [1.807, 2.05) is 60.7 Å². The Morgan fingerprint density at radius 3 is 1.67 bits per heavy atom. The second kappa shape index (κ2) is 18.0. The lowest BCUT2D eigenvalue weighted by molar-refractivity contribution is 0.109. The Balaban J connectivity index is 0.000000317. The molecule has 1 N–H and O–H groups in total. The van der Waals surface area contributed by atoms with Gasteiger partial charge in [-0.3, -0.25) is 4.79 Å². The third kappa shape index (κ3) is 10.3. The van der Waals surface area contributed by atoms with Gasteiger partial charge < -0.3 is 23.6 Å². The number of aliphatic hydroxyl groups is 1. The number of aldehydes is 1. The predicted octanol–water partition coefficient (Wildman–Crippen LogP) is 7.39. The molecule has 0 radical (unpaired) electrons. The summed E-state index contributed by atoms with van der Waals surface area (Å²) in [5.74, 6) is 1.13. The van der Waals surface area contributed by atoms with Gasteiger partial charge in [0.2, 0.25) is 5.76 Å². The number of nitrogens with zero attached hydrogens (tertiary/aromatic N) is 2. The van der Waals surface area contributed by atoms with Crippen LogP contribution in [0.25, 0.3) is 0 Å². The van der Waals surface area contributed by atoms with Crippen LogP contribution >= 0.6 is 55.1 Å². The van der Waals surface area contributed by atoms with Crippen molar-refractivity contribution < 1.29 is 28.4 Å². The van der Waals surface area contributed by atoms with Gasteiger partial charge >= 0.3 is 0 Å². The zero-order valence-corrected chi connectivity index (χ0v) is 22.8. The number of alkyl halides is 2.